The molecule has 2 rings (SSSR count). The van der Waals surface area contributed by atoms with Crippen LogP contribution < -0.4 is 11.2 Å². The molecule has 0 saturated carbocycles. The van der Waals surface area contributed by atoms with Crippen molar-refractivity contribution in [3.8, 4) is 0 Å². The van der Waals surface area contributed by atoms with E-state index in [1.807, 2.05) is 0 Å². The van der Waals surface area contributed by atoms with E-state index in [1.54, 1.807) is 31.9 Å². The van der Waals surface area contributed by atoms with E-state index in [4.69, 9.17) is 0 Å². The van der Waals surface area contributed by atoms with Gasteiger partial charge >= 0.3 is 5.69 Å². The summed E-state index contributed by atoms with van der Waals surface area (Å²) in [6.45, 7) is 2.08. The Morgan fingerprint density at radius 2 is 1.60 bits per heavy atom. The van der Waals surface area contributed by atoms with Gasteiger partial charge in [-0.2, -0.15) is 0 Å². The number of aromatic nitrogens is 4. The second kappa shape index (κ2) is 8.78. The highest BCUT2D eigenvalue weighted by Crippen LogP contribution is 2.09. The second-order valence-corrected chi connectivity index (χ2v) is 6.75. The molecule has 0 atom stereocenters. The summed E-state index contributed by atoms with van der Waals surface area (Å²) in [5, 5.41) is 0. The van der Waals surface area contributed by atoms with Crippen molar-refractivity contribution >= 4 is 16.9 Å². The molecule has 0 aliphatic rings. The van der Waals surface area contributed by atoms with Gasteiger partial charge in [0.1, 0.15) is 5.78 Å². The first-order valence-electron chi connectivity index (χ1n) is 9.03. The number of unbranched alkanes of at least 4 members (excludes halogenated alkanes) is 6. The van der Waals surface area contributed by atoms with E-state index in [0.29, 0.717) is 24.1 Å². The molecule has 2 aromatic heterocycles. The van der Waals surface area contributed by atoms with Crippen LogP contribution in [0.4, 0.5) is 0 Å². The molecule has 0 aliphatic carbocycles. The van der Waals surface area contributed by atoms with Crippen LogP contribution in [0.2, 0.25) is 0 Å². The fourth-order valence-electron chi connectivity index (χ4n) is 3.12. The molecule has 0 unspecified atom stereocenters. The summed E-state index contributed by atoms with van der Waals surface area (Å²) in [4.78, 5) is 39.9. The molecule has 0 bridgehead atoms. The van der Waals surface area contributed by atoms with Crippen LogP contribution in [0.25, 0.3) is 11.2 Å². The lowest BCUT2D eigenvalue weighted by Crippen LogP contribution is -2.39. The Hall–Kier alpha value is -2.18. The van der Waals surface area contributed by atoms with Crippen molar-refractivity contribution in [2.24, 2.45) is 14.1 Å². The number of hydrogen-bond acceptors (Lipinski definition) is 4. The lowest BCUT2D eigenvalue weighted by molar-refractivity contribution is -0.117. The van der Waals surface area contributed by atoms with Gasteiger partial charge in [0.05, 0.1) is 6.33 Å². The highest BCUT2D eigenvalue weighted by atomic mass is 16.2. The quantitative estimate of drug-likeness (QED) is 0.616. The molecule has 2 aromatic rings. The molecule has 2 heterocycles. The smallest absolute Gasteiger partial charge is 0.328 e. The lowest BCUT2D eigenvalue weighted by atomic mass is 10.1. The molecule has 0 fully saturated rings. The molecule has 0 saturated heterocycles. The third-order valence-electron chi connectivity index (χ3n) is 4.61. The molecular weight excluding hydrogens is 320 g/mol. The van der Waals surface area contributed by atoms with Crippen molar-refractivity contribution < 1.29 is 4.79 Å². The SMILES string of the molecule is CC(=O)CCCCCCCCCn1c(=O)c2c(ncn2C)n(C)c1=O. The van der Waals surface area contributed by atoms with Crippen LogP contribution in [0.15, 0.2) is 15.9 Å². The van der Waals surface area contributed by atoms with Gasteiger partial charge in [0.2, 0.25) is 0 Å². The number of nitrogens with zero attached hydrogens (tertiary/aromatic N) is 4. The van der Waals surface area contributed by atoms with E-state index in [1.165, 1.54) is 9.13 Å². The Morgan fingerprint density at radius 3 is 2.24 bits per heavy atom. The minimum Gasteiger partial charge on any atom is -0.328 e. The molecule has 25 heavy (non-hydrogen) atoms. The first-order chi connectivity index (χ1) is 11.9. The molecular formula is C18H28N4O3. The Bertz CT molecular complexity index is 844. The fraction of sp³-hybridized carbons (Fsp3) is 0.667. The predicted octanol–water partition coefficient (Wildman–Crippen LogP) is 2.14. The minimum atomic E-state index is -0.305. The minimum absolute atomic E-state index is 0.261. The molecule has 138 valence electrons. The Kier molecular flexibility index (Phi) is 6.73. The number of imidazole rings is 1. The van der Waals surface area contributed by atoms with Crippen molar-refractivity contribution in [3.63, 3.8) is 0 Å². The maximum Gasteiger partial charge on any atom is 0.332 e. The normalized spacial score (nSPS) is 11.3. The van der Waals surface area contributed by atoms with Gasteiger partial charge in [0.25, 0.3) is 5.56 Å². The summed E-state index contributed by atoms with van der Waals surface area (Å²) >= 11 is 0. The van der Waals surface area contributed by atoms with E-state index in [0.717, 1.165) is 44.9 Å². The predicted molar refractivity (Wildman–Crippen MR) is 97.8 cm³/mol. The maximum atomic E-state index is 12.5. The van der Waals surface area contributed by atoms with Gasteiger partial charge < -0.3 is 9.36 Å². The zero-order chi connectivity index (χ0) is 18.4. The number of aryl methyl sites for hydroxylation is 2. The van der Waals surface area contributed by atoms with E-state index >= 15 is 0 Å². The van der Waals surface area contributed by atoms with E-state index in [9.17, 15) is 14.4 Å². The standard InChI is InChI=1S/C18H28N4O3/c1-14(23)11-9-7-5-4-6-8-10-12-22-17(24)15-16(19-13-20(15)2)21(3)18(22)25/h13H,4-12H2,1-3H3. The molecule has 0 N–H and O–H groups in total. The first kappa shape index (κ1) is 19.1. The number of carbonyl (C=O) groups is 1. The summed E-state index contributed by atoms with van der Waals surface area (Å²) in [7, 11) is 3.41. The van der Waals surface area contributed by atoms with Gasteiger partial charge in [-0.1, -0.05) is 32.1 Å². The zero-order valence-electron chi connectivity index (χ0n) is 15.5. The van der Waals surface area contributed by atoms with Crippen LogP contribution in [0.5, 0.6) is 0 Å². The van der Waals surface area contributed by atoms with Crippen LogP contribution in [-0.2, 0) is 25.4 Å². The summed E-state index contributed by atoms with van der Waals surface area (Å²) in [5.74, 6) is 0.261. The van der Waals surface area contributed by atoms with Gasteiger partial charge in [-0.3, -0.25) is 13.9 Å². The third kappa shape index (κ3) is 4.67. The van der Waals surface area contributed by atoms with Gasteiger partial charge in [0, 0.05) is 27.1 Å². The topological polar surface area (TPSA) is 78.9 Å². The average molecular weight is 348 g/mol. The Morgan fingerprint density at radius 1 is 1.00 bits per heavy atom. The number of fused-ring (bicyclic) bond motifs is 1. The average Bonchev–Trinajstić information content (AvgIpc) is 2.95. The summed E-state index contributed by atoms with van der Waals surface area (Å²) in [5.41, 5.74) is 0.328. The fourth-order valence-corrected chi connectivity index (χ4v) is 3.12. The van der Waals surface area contributed by atoms with Crippen molar-refractivity contribution in [1.29, 1.82) is 0 Å². The first-order valence-corrected chi connectivity index (χ1v) is 9.03. The Labute approximate surface area is 147 Å². The van der Waals surface area contributed by atoms with Crippen molar-refractivity contribution in [2.45, 2.75) is 64.8 Å². The molecule has 0 spiro atoms. The Balaban J connectivity index is 1.84. The van der Waals surface area contributed by atoms with E-state index in [2.05, 4.69) is 4.98 Å². The summed E-state index contributed by atoms with van der Waals surface area (Å²) in [6, 6.07) is 0. The largest absolute Gasteiger partial charge is 0.332 e. The molecule has 7 heteroatoms. The maximum absolute atomic E-state index is 12.5. The molecule has 0 radical (unpaired) electrons. The van der Waals surface area contributed by atoms with Gasteiger partial charge in [0.15, 0.2) is 11.2 Å². The summed E-state index contributed by atoms with van der Waals surface area (Å²) < 4.78 is 4.41. The third-order valence-corrected chi connectivity index (χ3v) is 4.61. The lowest BCUT2D eigenvalue weighted by Gasteiger charge is -2.08. The van der Waals surface area contributed by atoms with Crippen LogP contribution in [0.1, 0.15) is 58.3 Å². The van der Waals surface area contributed by atoms with Crippen molar-refractivity contribution in [1.82, 2.24) is 18.7 Å². The van der Waals surface area contributed by atoms with E-state index in [-0.39, 0.29) is 17.0 Å². The molecule has 7 nitrogen and oxygen atoms in total. The monoisotopic (exact) mass is 348 g/mol. The number of Topliss-reactive ketones (excluding diaryl/α,β-unsaturated/α-hetero) is 1. The number of hydrogen-bond donors (Lipinski definition) is 0. The number of rotatable bonds is 10. The highest BCUT2D eigenvalue weighted by Gasteiger charge is 2.14. The zero-order valence-corrected chi connectivity index (χ0v) is 15.5. The second-order valence-electron chi connectivity index (χ2n) is 6.75. The van der Waals surface area contributed by atoms with Crippen LogP contribution in [0, 0.1) is 0 Å². The molecule has 0 amide bonds. The summed E-state index contributed by atoms with van der Waals surface area (Å²) in [6.07, 6.45) is 9.47. The highest BCUT2D eigenvalue weighted by molar-refractivity contribution is 5.75. The van der Waals surface area contributed by atoms with Crippen molar-refractivity contribution in [3.05, 3.63) is 27.2 Å². The molecule has 0 aromatic carbocycles. The van der Waals surface area contributed by atoms with Gasteiger partial charge in [-0.15, -0.1) is 0 Å². The number of ketones is 1. The molecule has 0 aliphatic heterocycles. The van der Waals surface area contributed by atoms with Gasteiger partial charge in [-0.05, 0) is 19.8 Å². The van der Waals surface area contributed by atoms with Gasteiger partial charge in [-0.25, -0.2) is 9.78 Å². The van der Waals surface area contributed by atoms with Crippen LogP contribution in [-0.4, -0.2) is 24.5 Å². The van der Waals surface area contributed by atoms with Crippen molar-refractivity contribution in [2.75, 3.05) is 0 Å². The van der Waals surface area contributed by atoms with E-state index < -0.39 is 0 Å². The van der Waals surface area contributed by atoms with Crippen LogP contribution in [0.3, 0.4) is 0 Å². The number of carbonyl (C=O) groups excluding carboxylic acids is 1. The van der Waals surface area contributed by atoms with Crippen LogP contribution >= 0.6 is 0 Å².